The minimum absolute atomic E-state index is 0.0127. The van der Waals surface area contributed by atoms with Gasteiger partial charge in [-0.3, -0.25) is 9.59 Å². The molecule has 8 heteroatoms. The molecule has 2 saturated heterocycles. The van der Waals surface area contributed by atoms with Crippen LogP contribution in [0.15, 0.2) is 24.3 Å². The molecule has 4 unspecified atom stereocenters. The Hall–Kier alpha value is -1.74. The molecule has 4 fully saturated rings. The average molecular weight is 619 g/mol. The largest absolute Gasteiger partial charge is 0.469 e. The smallest absolute Gasteiger partial charge is 0.305 e. The number of ether oxygens (including phenoxy) is 6. The van der Waals surface area contributed by atoms with Crippen LogP contribution in [0, 0.1) is 23.7 Å². The average Bonchev–Trinajstić information content (AvgIpc) is 3.35. The summed E-state index contributed by atoms with van der Waals surface area (Å²) in [5.74, 6) is 0.892. The van der Waals surface area contributed by atoms with E-state index in [1.54, 1.807) is 0 Å². The van der Waals surface area contributed by atoms with Crippen LogP contribution in [0.4, 0.5) is 0 Å². The third-order valence-electron chi connectivity index (χ3n) is 10.0. The molecule has 9 atom stereocenters. The van der Waals surface area contributed by atoms with Crippen LogP contribution in [0.2, 0.25) is 0 Å². The first-order chi connectivity index (χ1) is 21.5. The van der Waals surface area contributed by atoms with E-state index in [4.69, 9.17) is 28.4 Å². The van der Waals surface area contributed by atoms with Crippen molar-refractivity contribution in [3.8, 4) is 0 Å². The van der Waals surface area contributed by atoms with Gasteiger partial charge in [0.1, 0.15) is 6.10 Å². The van der Waals surface area contributed by atoms with Crippen LogP contribution in [0.5, 0.6) is 0 Å². The van der Waals surface area contributed by atoms with Crippen molar-refractivity contribution in [1.29, 1.82) is 0 Å². The van der Waals surface area contributed by atoms with E-state index < -0.39 is 0 Å². The maximum Gasteiger partial charge on any atom is 0.305 e. The van der Waals surface area contributed by atoms with Gasteiger partial charge in [-0.15, -0.1) is 0 Å². The number of methoxy groups -OCH3 is 1. The van der Waals surface area contributed by atoms with Crippen molar-refractivity contribution < 1.29 is 38.0 Å². The zero-order valence-corrected chi connectivity index (χ0v) is 27.5. The molecule has 0 bridgehead atoms. The summed E-state index contributed by atoms with van der Waals surface area (Å²) in [7, 11) is 1.42. The monoisotopic (exact) mass is 618 g/mol. The summed E-state index contributed by atoms with van der Waals surface area (Å²) in [4.78, 5) is 23.7. The SMILES string of the molecule is CCC1CCCC([C@@H](/C=C/[C@@H]2[C@@H](C/C=C\CCCC(=O)OC)[C@@H](OC(C)=O)C[C@H]2OC2CCCCO2)OC2CCCCO2)C1. The molecule has 250 valence electrons. The molecule has 0 amide bonds. The van der Waals surface area contributed by atoms with Crippen LogP contribution in [0.3, 0.4) is 0 Å². The third-order valence-corrected chi connectivity index (χ3v) is 10.0. The highest BCUT2D eigenvalue weighted by atomic mass is 16.7. The quantitative estimate of drug-likeness (QED) is 0.106. The van der Waals surface area contributed by atoms with Crippen molar-refractivity contribution in [2.24, 2.45) is 23.7 Å². The Labute approximate surface area is 265 Å². The number of carbonyl (C=O) groups is 2. The second kappa shape index (κ2) is 19.0. The summed E-state index contributed by atoms with van der Waals surface area (Å²) in [6, 6.07) is 0. The lowest BCUT2D eigenvalue weighted by Gasteiger charge is -2.36. The maximum absolute atomic E-state index is 12.2. The minimum atomic E-state index is -0.261. The van der Waals surface area contributed by atoms with Gasteiger partial charge in [-0.1, -0.05) is 50.5 Å². The summed E-state index contributed by atoms with van der Waals surface area (Å²) in [5, 5.41) is 0. The molecule has 4 rings (SSSR count). The molecule has 8 nitrogen and oxygen atoms in total. The number of carbonyl (C=O) groups excluding carboxylic acids is 2. The van der Waals surface area contributed by atoms with Crippen LogP contribution in [0.1, 0.15) is 117 Å². The van der Waals surface area contributed by atoms with E-state index >= 15 is 0 Å². The van der Waals surface area contributed by atoms with E-state index in [-0.39, 0.29) is 54.7 Å². The highest BCUT2D eigenvalue weighted by molar-refractivity contribution is 5.69. The van der Waals surface area contributed by atoms with Crippen LogP contribution in [0.25, 0.3) is 0 Å². The molecule has 0 spiro atoms. The molecule has 0 aromatic rings. The lowest BCUT2D eigenvalue weighted by atomic mass is 9.77. The van der Waals surface area contributed by atoms with Crippen molar-refractivity contribution >= 4 is 11.9 Å². The van der Waals surface area contributed by atoms with Crippen molar-refractivity contribution in [1.82, 2.24) is 0 Å². The second-order valence-corrected chi connectivity index (χ2v) is 13.3. The third kappa shape index (κ3) is 11.3. The Morgan fingerprint density at radius 1 is 0.909 bits per heavy atom. The minimum Gasteiger partial charge on any atom is -0.469 e. The van der Waals surface area contributed by atoms with Gasteiger partial charge in [0.05, 0.1) is 19.3 Å². The lowest BCUT2D eigenvalue weighted by molar-refractivity contribution is -0.194. The highest BCUT2D eigenvalue weighted by Gasteiger charge is 2.45. The number of hydrogen-bond donors (Lipinski definition) is 0. The molecular formula is C36H58O8. The summed E-state index contributed by atoms with van der Waals surface area (Å²) in [6.07, 6.45) is 23.9. The van der Waals surface area contributed by atoms with Gasteiger partial charge in [0.25, 0.3) is 0 Å². The maximum atomic E-state index is 12.2. The summed E-state index contributed by atoms with van der Waals surface area (Å²) >= 11 is 0. The Balaban J connectivity index is 1.54. The predicted octanol–water partition coefficient (Wildman–Crippen LogP) is 7.44. The summed E-state index contributed by atoms with van der Waals surface area (Å²) < 4.78 is 36.1. The Morgan fingerprint density at radius 2 is 1.68 bits per heavy atom. The van der Waals surface area contributed by atoms with Crippen molar-refractivity contribution in [3.63, 3.8) is 0 Å². The highest BCUT2D eigenvalue weighted by Crippen LogP contribution is 2.42. The van der Waals surface area contributed by atoms with Gasteiger partial charge in [0.15, 0.2) is 12.6 Å². The lowest BCUT2D eigenvalue weighted by Crippen LogP contribution is -2.34. The van der Waals surface area contributed by atoms with E-state index in [1.165, 1.54) is 46.1 Å². The molecule has 2 saturated carbocycles. The van der Waals surface area contributed by atoms with E-state index in [0.717, 1.165) is 76.9 Å². The summed E-state index contributed by atoms with van der Waals surface area (Å²) in [5.41, 5.74) is 0. The van der Waals surface area contributed by atoms with E-state index in [1.807, 2.05) is 0 Å². The van der Waals surface area contributed by atoms with E-state index in [2.05, 4.69) is 31.2 Å². The molecule has 2 aliphatic carbocycles. The molecule has 2 heterocycles. The molecular weight excluding hydrogens is 560 g/mol. The zero-order chi connectivity index (χ0) is 31.1. The Morgan fingerprint density at radius 3 is 2.36 bits per heavy atom. The van der Waals surface area contributed by atoms with Gasteiger partial charge in [-0.2, -0.15) is 0 Å². The molecule has 2 aliphatic heterocycles. The number of allylic oxidation sites excluding steroid dienone is 2. The van der Waals surface area contributed by atoms with Gasteiger partial charge in [0.2, 0.25) is 0 Å². The Bertz CT molecular complexity index is 906. The number of unbranched alkanes of at least 4 members (excludes halogenated alkanes) is 1. The van der Waals surface area contributed by atoms with Gasteiger partial charge in [-0.25, -0.2) is 0 Å². The van der Waals surface area contributed by atoms with Gasteiger partial charge in [-0.05, 0) is 82.5 Å². The molecule has 0 radical (unpaired) electrons. The Kier molecular flexibility index (Phi) is 15.2. The van der Waals surface area contributed by atoms with Crippen molar-refractivity contribution in [2.45, 2.75) is 147 Å². The molecule has 0 aromatic heterocycles. The predicted molar refractivity (Wildman–Crippen MR) is 169 cm³/mol. The molecule has 0 aromatic carbocycles. The van der Waals surface area contributed by atoms with E-state index in [0.29, 0.717) is 18.8 Å². The standard InChI is InChI=1S/C36H58O8/c1-4-27-14-13-15-28(24-27)31(43-35-18-9-11-22-40-35)21-20-30-29(16-7-5-6-8-17-34(38)39-3)32(42-26(2)37)25-33(30)44-36-19-10-12-23-41-36/h5,7,20-21,27-33,35-36H,4,6,8-19,22-25H2,1-3H3/b7-5-,21-20+/t27?,28?,29-,30-,31-,32+,33-,35?,36?/m1/s1. The number of hydrogen-bond acceptors (Lipinski definition) is 8. The van der Waals surface area contributed by atoms with Crippen molar-refractivity contribution in [3.05, 3.63) is 24.3 Å². The first-order valence-corrected chi connectivity index (χ1v) is 17.6. The fourth-order valence-corrected chi connectivity index (χ4v) is 7.55. The van der Waals surface area contributed by atoms with Gasteiger partial charge >= 0.3 is 11.9 Å². The normalized spacial score (nSPS) is 33.9. The van der Waals surface area contributed by atoms with Crippen LogP contribution < -0.4 is 0 Å². The molecule has 0 N–H and O–H groups in total. The number of esters is 2. The van der Waals surface area contributed by atoms with Gasteiger partial charge in [0, 0.05) is 44.8 Å². The van der Waals surface area contributed by atoms with Gasteiger partial charge < -0.3 is 28.4 Å². The second-order valence-electron chi connectivity index (χ2n) is 13.3. The van der Waals surface area contributed by atoms with Crippen molar-refractivity contribution in [2.75, 3.05) is 20.3 Å². The van der Waals surface area contributed by atoms with Crippen LogP contribution in [-0.4, -0.2) is 63.2 Å². The first kappa shape index (κ1) is 35.1. The number of rotatable bonds is 15. The van der Waals surface area contributed by atoms with Crippen LogP contribution >= 0.6 is 0 Å². The molecule has 44 heavy (non-hydrogen) atoms. The molecule has 4 aliphatic rings. The zero-order valence-electron chi connectivity index (χ0n) is 27.5. The topological polar surface area (TPSA) is 89.5 Å². The summed E-state index contributed by atoms with van der Waals surface area (Å²) in [6.45, 7) is 5.28. The first-order valence-electron chi connectivity index (χ1n) is 17.6. The van der Waals surface area contributed by atoms with Crippen LogP contribution in [-0.2, 0) is 38.0 Å². The van der Waals surface area contributed by atoms with E-state index in [9.17, 15) is 9.59 Å². The fraction of sp³-hybridized carbons (Fsp3) is 0.833. The fourth-order valence-electron chi connectivity index (χ4n) is 7.55.